The second-order valence-corrected chi connectivity index (χ2v) is 5.13. The van der Waals surface area contributed by atoms with Crippen LogP contribution in [-0.2, 0) is 13.0 Å². The Kier molecular flexibility index (Phi) is 5.81. The van der Waals surface area contributed by atoms with Gasteiger partial charge in [0, 0.05) is 31.4 Å². The molecule has 0 aliphatic rings. The molecule has 1 heterocycles. The third kappa shape index (κ3) is 4.08. The molecule has 1 atom stereocenters. The van der Waals surface area contributed by atoms with Crippen LogP contribution in [-0.4, -0.2) is 23.2 Å². The standard InChI is InChI=1S/C17H25N3O/c1-4-10-20-11-9-19-17(20)13-16(18-5-2)14-7-6-8-15(12-14)21-3/h6-9,11-12,16,18H,4-5,10,13H2,1-3H3. The second-order valence-electron chi connectivity index (χ2n) is 5.13. The predicted octanol–water partition coefficient (Wildman–Crippen LogP) is 3.20. The van der Waals surface area contributed by atoms with Crippen molar-refractivity contribution in [2.45, 2.75) is 39.3 Å². The van der Waals surface area contributed by atoms with Crippen molar-refractivity contribution in [2.24, 2.45) is 0 Å². The lowest BCUT2D eigenvalue weighted by molar-refractivity contribution is 0.412. The van der Waals surface area contributed by atoms with Gasteiger partial charge >= 0.3 is 0 Å². The van der Waals surface area contributed by atoms with Crippen LogP contribution in [0.3, 0.4) is 0 Å². The molecule has 21 heavy (non-hydrogen) atoms. The monoisotopic (exact) mass is 287 g/mol. The molecular weight excluding hydrogens is 262 g/mol. The molecule has 0 fully saturated rings. The number of aromatic nitrogens is 2. The normalized spacial score (nSPS) is 12.3. The Labute approximate surface area is 127 Å². The predicted molar refractivity (Wildman–Crippen MR) is 85.6 cm³/mol. The highest BCUT2D eigenvalue weighted by molar-refractivity contribution is 5.31. The Morgan fingerprint density at radius 2 is 2.19 bits per heavy atom. The van der Waals surface area contributed by atoms with Gasteiger partial charge in [-0.25, -0.2) is 4.98 Å². The molecule has 0 saturated carbocycles. The van der Waals surface area contributed by atoms with Crippen LogP contribution >= 0.6 is 0 Å². The van der Waals surface area contributed by atoms with Crippen LogP contribution in [0.15, 0.2) is 36.7 Å². The van der Waals surface area contributed by atoms with Gasteiger partial charge in [0.2, 0.25) is 0 Å². The molecule has 1 unspecified atom stereocenters. The van der Waals surface area contributed by atoms with E-state index in [0.717, 1.165) is 37.5 Å². The summed E-state index contributed by atoms with van der Waals surface area (Å²) >= 11 is 0. The van der Waals surface area contributed by atoms with E-state index >= 15 is 0 Å². The Bertz CT molecular complexity index is 550. The zero-order chi connectivity index (χ0) is 15.1. The first-order valence-electron chi connectivity index (χ1n) is 7.65. The molecule has 2 aromatic rings. The van der Waals surface area contributed by atoms with Gasteiger partial charge in [-0.3, -0.25) is 0 Å². The zero-order valence-electron chi connectivity index (χ0n) is 13.2. The minimum atomic E-state index is 0.253. The Morgan fingerprint density at radius 3 is 2.90 bits per heavy atom. The maximum atomic E-state index is 5.33. The lowest BCUT2D eigenvalue weighted by Gasteiger charge is -2.19. The molecule has 4 nitrogen and oxygen atoms in total. The van der Waals surface area contributed by atoms with Gasteiger partial charge in [-0.15, -0.1) is 0 Å². The number of benzene rings is 1. The van der Waals surface area contributed by atoms with E-state index in [1.807, 2.05) is 18.3 Å². The number of rotatable bonds is 8. The number of aryl methyl sites for hydroxylation is 1. The van der Waals surface area contributed by atoms with Crippen LogP contribution in [0.5, 0.6) is 5.75 Å². The number of imidazole rings is 1. The number of likely N-dealkylation sites (N-methyl/N-ethyl adjacent to an activating group) is 1. The smallest absolute Gasteiger partial charge is 0.119 e. The molecule has 2 rings (SSSR count). The molecule has 1 aromatic heterocycles. The van der Waals surface area contributed by atoms with Gasteiger partial charge in [0.1, 0.15) is 11.6 Å². The average molecular weight is 287 g/mol. The fourth-order valence-electron chi connectivity index (χ4n) is 2.57. The molecule has 1 N–H and O–H groups in total. The molecule has 0 aliphatic carbocycles. The summed E-state index contributed by atoms with van der Waals surface area (Å²) < 4.78 is 7.57. The summed E-state index contributed by atoms with van der Waals surface area (Å²) in [6.45, 7) is 6.27. The Hall–Kier alpha value is -1.81. The summed E-state index contributed by atoms with van der Waals surface area (Å²) in [6, 6.07) is 8.51. The van der Waals surface area contributed by atoms with E-state index in [1.165, 1.54) is 5.56 Å². The van der Waals surface area contributed by atoms with E-state index in [9.17, 15) is 0 Å². The van der Waals surface area contributed by atoms with E-state index < -0.39 is 0 Å². The number of ether oxygens (including phenoxy) is 1. The van der Waals surface area contributed by atoms with Gasteiger partial charge in [-0.2, -0.15) is 0 Å². The van der Waals surface area contributed by atoms with Crippen molar-refractivity contribution in [1.29, 1.82) is 0 Å². The molecule has 4 heteroatoms. The van der Waals surface area contributed by atoms with Crippen molar-refractivity contribution in [3.8, 4) is 5.75 Å². The first-order chi connectivity index (χ1) is 10.3. The topological polar surface area (TPSA) is 39.1 Å². The molecule has 1 aromatic carbocycles. The van der Waals surface area contributed by atoms with Crippen molar-refractivity contribution in [3.63, 3.8) is 0 Å². The van der Waals surface area contributed by atoms with E-state index in [4.69, 9.17) is 4.74 Å². The third-order valence-electron chi connectivity index (χ3n) is 3.60. The minimum absolute atomic E-state index is 0.253. The molecule has 0 radical (unpaired) electrons. The number of nitrogens with one attached hydrogen (secondary N) is 1. The molecule has 0 bridgehead atoms. The lowest BCUT2D eigenvalue weighted by Crippen LogP contribution is -2.24. The highest BCUT2D eigenvalue weighted by atomic mass is 16.5. The summed E-state index contributed by atoms with van der Waals surface area (Å²) in [4.78, 5) is 4.52. The van der Waals surface area contributed by atoms with Crippen LogP contribution in [0.25, 0.3) is 0 Å². The van der Waals surface area contributed by atoms with Crippen molar-refractivity contribution in [3.05, 3.63) is 48.0 Å². The maximum Gasteiger partial charge on any atom is 0.119 e. The first-order valence-corrected chi connectivity index (χ1v) is 7.65. The molecular formula is C17H25N3O. The summed E-state index contributed by atoms with van der Waals surface area (Å²) in [5, 5.41) is 3.55. The molecule has 0 spiro atoms. The van der Waals surface area contributed by atoms with Crippen molar-refractivity contribution >= 4 is 0 Å². The van der Waals surface area contributed by atoms with Crippen molar-refractivity contribution in [2.75, 3.05) is 13.7 Å². The average Bonchev–Trinajstić information content (AvgIpc) is 2.94. The van der Waals surface area contributed by atoms with Gasteiger partial charge in [0.15, 0.2) is 0 Å². The van der Waals surface area contributed by atoms with Gasteiger partial charge in [0.25, 0.3) is 0 Å². The van der Waals surface area contributed by atoms with E-state index in [-0.39, 0.29) is 6.04 Å². The SMILES string of the molecule is CCCn1ccnc1CC(NCC)c1cccc(OC)c1. The number of hydrogen-bond donors (Lipinski definition) is 1. The molecule has 0 amide bonds. The largest absolute Gasteiger partial charge is 0.497 e. The quantitative estimate of drug-likeness (QED) is 0.810. The summed E-state index contributed by atoms with van der Waals surface area (Å²) in [7, 11) is 1.70. The fourth-order valence-corrected chi connectivity index (χ4v) is 2.57. The van der Waals surface area contributed by atoms with Gasteiger partial charge in [-0.1, -0.05) is 26.0 Å². The van der Waals surface area contributed by atoms with Gasteiger partial charge in [0.05, 0.1) is 7.11 Å². The summed E-state index contributed by atoms with van der Waals surface area (Å²) in [6.07, 6.45) is 5.95. The Balaban J connectivity index is 2.19. The van der Waals surface area contributed by atoms with E-state index in [2.05, 4.69) is 47.0 Å². The zero-order valence-corrected chi connectivity index (χ0v) is 13.2. The van der Waals surface area contributed by atoms with E-state index in [0.29, 0.717) is 0 Å². The van der Waals surface area contributed by atoms with Gasteiger partial charge < -0.3 is 14.6 Å². The number of nitrogens with zero attached hydrogens (tertiary/aromatic N) is 2. The highest BCUT2D eigenvalue weighted by Crippen LogP contribution is 2.22. The van der Waals surface area contributed by atoms with Crippen LogP contribution in [0, 0.1) is 0 Å². The molecule has 0 aliphatic heterocycles. The van der Waals surface area contributed by atoms with Crippen molar-refractivity contribution in [1.82, 2.24) is 14.9 Å². The lowest BCUT2D eigenvalue weighted by atomic mass is 10.0. The number of hydrogen-bond acceptors (Lipinski definition) is 3. The van der Waals surface area contributed by atoms with Crippen LogP contribution in [0.2, 0.25) is 0 Å². The minimum Gasteiger partial charge on any atom is -0.497 e. The van der Waals surface area contributed by atoms with Crippen LogP contribution < -0.4 is 10.1 Å². The van der Waals surface area contributed by atoms with Crippen LogP contribution in [0.4, 0.5) is 0 Å². The molecule has 114 valence electrons. The first kappa shape index (κ1) is 15.6. The fraction of sp³-hybridized carbons (Fsp3) is 0.471. The van der Waals surface area contributed by atoms with Crippen LogP contribution in [0.1, 0.15) is 37.7 Å². The maximum absolute atomic E-state index is 5.33. The van der Waals surface area contributed by atoms with E-state index in [1.54, 1.807) is 7.11 Å². The summed E-state index contributed by atoms with van der Waals surface area (Å²) in [5.41, 5.74) is 1.24. The van der Waals surface area contributed by atoms with Crippen molar-refractivity contribution < 1.29 is 4.74 Å². The Morgan fingerprint density at radius 1 is 1.33 bits per heavy atom. The third-order valence-corrected chi connectivity index (χ3v) is 3.60. The highest BCUT2D eigenvalue weighted by Gasteiger charge is 2.15. The summed E-state index contributed by atoms with van der Waals surface area (Å²) in [5.74, 6) is 2.03. The second kappa shape index (κ2) is 7.84. The van der Waals surface area contributed by atoms with Gasteiger partial charge in [-0.05, 0) is 30.7 Å². The molecule has 0 saturated heterocycles. The number of methoxy groups -OCH3 is 1.